The van der Waals surface area contributed by atoms with Crippen LogP contribution in [0, 0.1) is 11.3 Å². The van der Waals surface area contributed by atoms with Crippen LogP contribution < -0.4 is 5.84 Å². The van der Waals surface area contributed by atoms with E-state index in [4.69, 9.17) is 5.84 Å². The lowest BCUT2D eigenvalue weighted by Gasteiger charge is -2.34. The van der Waals surface area contributed by atoms with Crippen LogP contribution in [-0.2, 0) is 12.8 Å². The maximum atomic E-state index is 10.4. The van der Waals surface area contributed by atoms with E-state index in [1.807, 2.05) is 6.92 Å². The number of aliphatic hydroxyl groups is 1. The number of nitrogens with two attached hydrogens (primary N) is 1. The van der Waals surface area contributed by atoms with Crippen molar-refractivity contribution in [2.24, 2.45) is 22.2 Å². The van der Waals surface area contributed by atoms with E-state index in [1.165, 1.54) is 21.9 Å². The molecule has 0 spiro atoms. The van der Waals surface area contributed by atoms with Crippen molar-refractivity contribution in [2.45, 2.75) is 53.2 Å². The summed E-state index contributed by atoms with van der Waals surface area (Å²) in [6, 6.07) is 0. The molecule has 20 heavy (non-hydrogen) atoms. The van der Waals surface area contributed by atoms with E-state index >= 15 is 0 Å². The monoisotopic (exact) mass is 293 g/mol. The van der Waals surface area contributed by atoms with Crippen molar-refractivity contribution in [3.8, 4) is 0 Å². The fraction of sp³-hybridized carbons (Fsp3) is 0.667. The van der Waals surface area contributed by atoms with Gasteiger partial charge in [0.2, 0.25) is 0 Å². The molecule has 0 bridgehead atoms. The summed E-state index contributed by atoms with van der Waals surface area (Å²) in [6.45, 7) is 8.78. The van der Waals surface area contributed by atoms with Gasteiger partial charge in [0.05, 0.1) is 0 Å². The first kappa shape index (κ1) is 14.0. The van der Waals surface area contributed by atoms with Gasteiger partial charge in [-0.05, 0) is 43.1 Å². The van der Waals surface area contributed by atoms with Crippen LogP contribution in [0.5, 0.6) is 0 Å². The van der Waals surface area contributed by atoms with Crippen molar-refractivity contribution >= 4 is 22.2 Å². The highest BCUT2D eigenvalue weighted by molar-refractivity contribution is 7.16. The standard InChI is InChI=1S/C15H23N3OS/c1-8-17-13-12(14(19)18(8)16)10-6-5-9(15(2,3)4)7-11(10)20-13/h9,14,19H,5-7,16H2,1-4H3/t9-,14-/m0/s1. The number of hydrazine groups is 1. The molecule has 0 fully saturated rings. The van der Waals surface area contributed by atoms with Crippen molar-refractivity contribution in [3.05, 3.63) is 16.0 Å². The van der Waals surface area contributed by atoms with Gasteiger partial charge in [-0.1, -0.05) is 20.8 Å². The van der Waals surface area contributed by atoms with Gasteiger partial charge in [0.1, 0.15) is 10.8 Å². The molecule has 1 aliphatic heterocycles. The Hall–Kier alpha value is -0.910. The second-order valence-corrected chi connectivity index (χ2v) is 8.05. The summed E-state index contributed by atoms with van der Waals surface area (Å²) >= 11 is 1.74. The highest BCUT2D eigenvalue weighted by atomic mass is 32.1. The second-order valence-electron chi connectivity index (χ2n) is 6.97. The van der Waals surface area contributed by atoms with Crippen molar-refractivity contribution in [3.63, 3.8) is 0 Å². The second kappa shape index (κ2) is 4.55. The van der Waals surface area contributed by atoms with Crippen LogP contribution in [-0.4, -0.2) is 16.0 Å². The van der Waals surface area contributed by atoms with Gasteiger partial charge in [0.25, 0.3) is 0 Å². The smallest absolute Gasteiger partial charge is 0.171 e. The number of rotatable bonds is 0. The molecule has 2 heterocycles. The Labute approximate surface area is 124 Å². The first-order valence-electron chi connectivity index (χ1n) is 7.20. The lowest BCUT2D eigenvalue weighted by Crippen LogP contribution is -2.41. The Morgan fingerprint density at radius 2 is 2.10 bits per heavy atom. The molecule has 1 aromatic rings. The number of aliphatic hydroxyl groups excluding tert-OH is 1. The first-order chi connectivity index (χ1) is 9.29. The Kier molecular flexibility index (Phi) is 3.19. The average Bonchev–Trinajstić information content (AvgIpc) is 2.71. The minimum atomic E-state index is -0.742. The Morgan fingerprint density at radius 3 is 2.75 bits per heavy atom. The first-order valence-corrected chi connectivity index (χ1v) is 8.02. The molecule has 0 saturated carbocycles. The molecular weight excluding hydrogens is 270 g/mol. The molecule has 0 saturated heterocycles. The van der Waals surface area contributed by atoms with E-state index in [1.54, 1.807) is 11.3 Å². The maximum absolute atomic E-state index is 10.4. The van der Waals surface area contributed by atoms with Gasteiger partial charge in [-0.15, -0.1) is 11.3 Å². The van der Waals surface area contributed by atoms with Gasteiger partial charge in [-0.25, -0.2) is 10.8 Å². The number of fused-ring (bicyclic) bond motifs is 3. The molecule has 0 unspecified atom stereocenters. The van der Waals surface area contributed by atoms with Gasteiger partial charge in [-0.2, -0.15) is 0 Å². The highest BCUT2D eigenvalue weighted by Gasteiger charge is 2.36. The van der Waals surface area contributed by atoms with Gasteiger partial charge in [0.15, 0.2) is 6.23 Å². The van der Waals surface area contributed by atoms with Crippen molar-refractivity contribution < 1.29 is 5.11 Å². The van der Waals surface area contributed by atoms with E-state index in [-0.39, 0.29) is 0 Å². The molecule has 1 aromatic heterocycles. The predicted octanol–water partition coefficient (Wildman–Crippen LogP) is 3.13. The van der Waals surface area contributed by atoms with E-state index in [2.05, 4.69) is 25.8 Å². The van der Waals surface area contributed by atoms with Crippen molar-refractivity contribution in [2.75, 3.05) is 0 Å². The zero-order valence-electron chi connectivity index (χ0n) is 12.6. The molecule has 5 heteroatoms. The Morgan fingerprint density at radius 1 is 1.40 bits per heavy atom. The van der Waals surface area contributed by atoms with Crippen LogP contribution in [0.3, 0.4) is 0 Å². The summed E-state index contributed by atoms with van der Waals surface area (Å²) in [7, 11) is 0. The normalized spacial score (nSPS) is 26.1. The summed E-state index contributed by atoms with van der Waals surface area (Å²) in [5.74, 6) is 7.26. The summed E-state index contributed by atoms with van der Waals surface area (Å²) in [5, 5.41) is 12.7. The van der Waals surface area contributed by atoms with Gasteiger partial charge < -0.3 is 5.11 Å². The summed E-state index contributed by atoms with van der Waals surface area (Å²) in [6.07, 6.45) is 2.57. The number of hydrogen-bond acceptors (Lipinski definition) is 5. The van der Waals surface area contributed by atoms with E-state index in [9.17, 15) is 5.11 Å². The van der Waals surface area contributed by atoms with Crippen LogP contribution in [0.15, 0.2) is 4.99 Å². The van der Waals surface area contributed by atoms with E-state index in [0.29, 0.717) is 17.2 Å². The lowest BCUT2D eigenvalue weighted by atomic mass is 9.72. The zero-order valence-corrected chi connectivity index (χ0v) is 13.4. The van der Waals surface area contributed by atoms with Crippen LogP contribution >= 0.6 is 11.3 Å². The minimum Gasteiger partial charge on any atom is -0.368 e. The number of hydrogen-bond donors (Lipinski definition) is 2. The molecule has 110 valence electrons. The van der Waals surface area contributed by atoms with Gasteiger partial charge in [-0.3, -0.25) is 5.01 Å². The Bertz CT molecular complexity index is 570. The lowest BCUT2D eigenvalue weighted by molar-refractivity contribution is 0.0492. The number of aliphatic imine (C=N–C) groups is 1. The van der Waals surface area contributed by atoms with E-state index in [0.717, 1.165) is 23.4 Å². The average molecular weight is 293 g/mol. The van der Waals surface area contributed by atoms with E-state index < -0.39 is 6.23 Å². The zero-order chi connectivity index (χ0) is 14.7. The third kappa shape index (κ3) is 2.08. The molecule has 4 nitrogen and oxygen atoms in total. The summed E-state index contributed by atoms with van der Waals surface area (Å²) in [4.78, 5) is 5.94. The number of nitrogens with zero attached hydrogens (tertiary/aromatic N) is 2. The molecule has 0 radical (unpaired) electrons. The molecule has 0 aromatic carbocycles. The minimum absolute atomic E-state index is 0.333. The SMILES string of the molecule is CC1=Nc2sc3c(c2[C@H](O)N1N)CC[C@H](C(C)(C)C)C3. The molecule has 2 aliphatic rings. The largest absolute Gasteiger partial charge is 0.368 e. The summed E-state index contributed by atoms with van der Waals surface area (Å²) < 4.78 is 0. The molecule has 0 amide bonds. The topological polar surface area (TPSA) is 61.9 Å². The molecule has 3 rings (SSSR count). The van der Waals surface area contributed by atoms with Crippen molar-refractivity contribution in [1.29, 1.82) is 0 Å². The van der Waals surface area contributed by atoms with Crippen LogP contribution in [0.4, 0.5) is 5.00 Å². The third-order valence-electron chi connectivity index (χ3n) is 4.67. The fourth-order valence-corrected chi connectivity index (χ4v) is 4.57. The molecule has 1 aliphatic carbocycles. The fourth-order valence-electron chi connectivity index (χ4n) is 3.21. The summed E-state index contributed by atoms with van der Waals surface area (Å²) in [5.41, 5.74) is 2.58. The van der Waals surface area contributed by atoms with Crippen LogP contribution in [0.1, 0.15) is 56.3 Å². The third-order valence-corrected chi connectivity index (χ3v) is 5.83. The van der Waals surface area contributed by atoms with Gasteiger partial charge >= 0.3 is 0 Å². The van der Waals surface area contributed by atoms with Crippen LogP contribution in [0.2, 0.25) is 0 Å². The molecule has 2 atom stereocenters. The maximum Gasteiger partial charge on any atom is 0.171 e. The van der Waals surface area contributed by atoms with Crippen LogP contribution in [0.25, 0.3) is 0 Å². The molecular formula is C15H23N3OS. The predicted molar refractivity (Wildman–Crippen MR) is 83.0 cm³/mol. The van der Waals surface area contributed by atoms with Gasteiger partial charge in [0, 0.05) is 10.4 Å². The number of amidine groups is 1. The van der Waals surface area contributed by atoms with Crippen molar-refractivity contribution in [1.82, 2.24) is 5.01 Å². The Balaban J connectivity index is 2.01. The highest BCUT2D eigenvalue weighted by Crippen LogP contribution is 2.48. The quantitative estimate of drug-likeness (QED) is 0.722. The number of thiophene rings is 1. The molecule has 3 N–H and O–H groups in total.